The standard InChI is InChI=1S/C12H23NO3/c1-8(12(14)15-4)9(2)13-10(3)11-5-6-16-7-11/h8-11,13H,5-7H2,1-4H3. The second-order valence-electron chi connectivity index (χ2n) is 4.68. The summed E-state index contributed by atoms with van der Waals surface area (Å²) in [5.41, 5.74) is 0. The number of hydrogen-bond acceptors (Lipinski definition) is 4. The number of carbonyl (C=O) groups excluding carboxylic acids is 1. The van der Waals surface area contributed by atoms with Crippen molar-refractivity contribution in [2.45, 2.75) is 39.3 Å². The molecule has 1 fully saturated rings. The number of carbonyl (C=O) groups is 1. The van der Waals surface area contributed by atoms with Gasteiger partial charge in [-0.3, -0.25) is 4.79 Å². The highest BCUT2D eigenvalue weighted by Gasteiger charge is 2.27. The molecule has 1 heterocycles. The average Bonchev–Trinajstić information content (AvgIpc) is 2.80. The topological polar surface area (TPSA) is 47.6 Å². The minimum absolute atomic E-state index is 0.116. The molecule has 0 spiro atoms. The molecule has 0 amide bonds. The van der Waals surface area contributed by atoms with Gasteiger partial charge in [0.15, 0.2) is 0 Å². The normalized spacial score (nSPS) is 26.1. The van der Waals surface area contributed by atoms with Crippen molar-refractivity contribution in [2.75, 3.05) is 20.3 Å². The fraction of sp³-hybridized carbons (Fsp3) is 0.917. The van der Waals surface area contributed by atoms with E-state index in [9.17, 15) is 4.79 Å². The van der Waals surface area contributed by atoms with E-state index in [-0.39, 0.29) is 17.9 Å². The zero-order valence-electron chi connectivity index (χ0n) is 10.7. The van der Waals surface area contributed by atoms with E-state index in [0.717, 1.165) is 19.6 Å². The number of hydrogen-bond donors (Lipinski definition) is 1. The zero-order chi connectivity index (χ0) is 12.1. The van der Waals surface area contributed by atoms with Crippen LogP contribution >= 0.6 is 0 Å². The molecular formula is C12H23NO3. The van der Waals surface area contributed by atoms with Crippen molar-refractivity contribution in [3.63, 3.8) is 0 Å². The second-order valence-corrected chi connectivity index (χ2v) is 4.68. The third kappa shape index (κ3) is 3.46. The van der Waals surface area contributed by atoms with E-state index in [1.807, 2.05) is 13.8 Å². The van der Waals surface area contributed by atoms with Crippen molar-refractivity contribution >= 4 is 5.97 Å². The highest BCUT2D eigenvalue weighted by Crippen LogP contribution is 2.18. The van der Waals surface area contributed by atoms with Gasteiger partial charge in [-0.1, -0.05) is 6.92 Å². The summed E-state index contributed by atoms with van der Waals surface area (Å²) in [6, 6.07) is 0.507. The summed E-state index contributed by atoms with van der Waals surface area (Å²) in [4.78, 5) is 11.4. The highest BCUT2D eigenvalue weighted by molar-refractivity contribution is 5.72. The monoisotopic (exact) mass is 229 g/mol. The molecule has 0 aromatic rings. The van der Waals surface area contributed by atoms with E-state index in [0.29, 0.717) is 12.0 Å². The molecule has 0 radical (unpaired) electrons. The Kier molecular flexibility index (Phi) is 5.22. The Morgan fingerprint density at radius 2 is 2.12 bits per heavy atom. The molecule has 4 nitrogen and oxygen atoms in total. The highest BCUT2D eigenvalue weighted by atomic mass is 16.5. The molecule has 0 aliphatic carbocycles. The quantitative estimate of drug-likeness (QED) is 0.720. The zero-order valence-corrected chi connectivity index (χ0v) is 10.7. The lowest BCUT2D eigenvalue weighted by atomic mass is 9.97. The number of nitrogens with one attached hydrogen (secondary N) is 1. The van der Waals surface area contributed by atoms with Crippen LogP contribution in [0.4, 0.5) is 0 Å². The fourth-order valence-corrected chi connectivity index (χ4v) is 2.03. The maximum atomic E-state index is 11.4. The molecule has 1 saturated heterocycles. The van der Waals surface area contributed by atoms with Gasteiger partial charge in [0.2, 0.25) is 0 Å². The third-order valence-electron chi connectivity index (χ3n) is 3.52. The van der Waals surface area contributed by atoms with Crippen molar-refractivity contribution in [3.05, 3.63) is 0 Å². The van der Waals surface area contributed by atoms with Gasteiger partial charge in [-0.25, -0.2) is 0 Å². The predicted molar refractivity (Wildman–Crippen MR) is 62.2 cm³/mol. The number of methoxy groups -OCH3 is 1. The molecule has 1 aliphatic heterocycles. The minimum atomic E-state index is -0.158. The summed E-state index contributed by atoms with van der Waals surface area (Å²) in [5.74, 6) is 0.289. The molecule has 1 aliphatic rings. The van der Waals surface area contributed by atoms with Crippen LogP contribution in [0, 0.1) is 11.8 Å². The van der Waals surface area contributed by atoms with Crippen LogP contribution in [0.2, 0.25) is 0 Å². The first-order chi connectivity index (χ1) is 7.56. The van der Waals surface area contributed by atoms with Gasteiger partial charge in [-0.15, -0.1) is 0 Å². The Labute approximate surface area is 97.7 Å². The number of rotatable bonds is 5. The van der Waals surface area contributed by atoms with Crippen LogP contribution in [-0.2, 0) is 14.3 Å². The summed E-state index contributed by atoms with van der Waals surface area (Å²) in [6.45, 7) is 7.75. The van der Waals surface area contributed by atoms with Crippen LogP contribution < -0.4 is 5.32 Å². The molecule has 4 unspecified atom stereocenters. The fourth-order valence-electron chi connectivity index (χ4n) is 2.03. The maximum Gasteiger partial charge on any atom is 0.309 e. The minimum Gasteiger partial charge on any atom is -0.469 e. The Morgan fingerprint density at radius 3 is 2.62 bits per heavy atom. The summed E-state index contributed by atoms with van der Waals surface area (Å²) < 4.78 is 10.1. The van der Waals surface area contributed by atoms with Crippen LogP contribution in [0.25, 0.3) is 0 Å². The molecule has 1 rings (SSSR count). The number of ether oxygens (including phenoxy) is 2. The van der Waals surface area contributed by atoms with Crippen LogP contribution in [-0.4, -0.2) is 38.4 Å². The molecule has 16 heavy (non-hydrogen) atoms. The summed E-state index contributed by atoms with van der Waals surface area (Å²) in [5, 5.41) is 3.46. The largest absolute Gasteiger partial charge is 0.469 e. The molecule has 4 atom stereocenters. The van der Waals surface area contributed by atoms with Crippen LogP contribution in [0.5, 0.6) is 0 Å². The third-order valence-corrected chi connectivity index (χ3v) is 3.52. The van der Waals surface area contributed by atoms with Crippen molar-refractivity contribution in [2.24, 2.45) is 11.8 Å². The molecular weight excluding hydrogens is 206 g/mol. The van der Waals surface area contributed by atoms with E-state index in [1.165, 1.54) is 7.11 Å². The molecule has 1 N–H and O–H groups in total. The lowest BCUT2D eigenvalue weighted by molar-refractivity contribution is -0.145. The molecule has 0 aromatic heterocycles. The van der Waals surface area contributed by atoms with Crippen molar-refractivity contribution in [1.29, 1.82) is 0 Å². The van der Waals surface area contributed by atoms with Crippen LogP contribution in [0.1, 0.15) is 27.2 Å². The van der Waals surface area contributed by atoms with E-state index >= 15 is 0 Å². The van der Waals surface area contributed by atoms with E-state index in [4.69, 9.17) is 9.47 Å². The summed E-state index contributed by atoms with van der Waals surface area (Å²) in [6.07, 6.45) is 1.10. The Balaban J connectivity index is 2.37. The van der Waals surface area contributed by atoms with E-state index in [1.54, 1.807) is 0 Å². The SMILES string of the molecule is COC(=O)C(C)C(C)NC(C)C1CCOC1. The average molecular weight is 229 g/mol. The van der Waals surface area contributed by atoms with Crippen LogP contribution in [0.3, 0.4) is 0 Å². The van der Waals surface area contributed by atoms with E-state index in [2.05, 4.69) is 12.2 Å². The molecule has 0 bridgehead atoms. The van der Waals surface area contributed by atoms with Crippen molar-refractivity contribution in [3.8, 4) is 0 Å². The smallest absolute Gasteiger partial charge is 0.309 e. The Morgan fingerprint density at radius 1 is 1.44 bits per heavy atom. The lowest BCUT2D eigenvalue weighted by Gasteiger charge is -2.26. The second kappa shape index (κ2) is 6.21. The Hall–Kier alpha value is -0.610. The Bertz CT molecular complexity index is 226. The first-order valence-corrected chi connectivity index (χ1v) is 5.98. The first kappa shape index (κ1) is 13.5. The molecule has 94 valence electrons. The van der Waals surface area contributed by atoms with Gasteiger partial charge >= 0.3 is 5.97 Å². The summed E-state index contributed by atoms with van der Waals surface area (Å²) in [7, 11) is 1.43. The summed E-state index contributed by atoms with van der Waals surface area (Å²) >= 11 is 0. The van der Waals surface area contributed by atoms with E-state index < -0.39 is 0 Å². The molecule has 0 saturated carbocycles. The van der Waals surface area contributed by atoms with Gasteiger partial charge in [0.1, 0.15) is 0 Å². The van der Waals surface area contributed by atoms with Crippen molar-refractivity contribution in [1.82, 2.24) is 5.32 Å². The van der Waals surface area contributed by atoms with Gasteiger partial charge in [0, 0.05) is 18.7 Å². The predicted octanol–water partition coefficient (Wildman–Crippen LogP) is 1.20. The maximum absolute atomic E-state index is 11.4. The lowest BCUT2D eigenvalue weighted by Crippen LogP contribution is -2.44. The van der Waals surface area contributed by atoms with Crippen molar-refractivity contribution < 1.29 is 14.3 Å². The number of esters is 1. The van der Waals surface area contributed by atoms with Gasteiger partial charge in [-0.2, -0.15) is 0 Å². The van der Waals surface area contributed by atoms with Crippen LogP contribution in [0.15, 0.2) is 0 Å². The van der Waals surface area contributed by atoms with Gasteiger partial charge in [0.05, 0.1) is 19.6 Å². The van der Waals surface area contributed by atoms with Gasteiger partial charge < -0.3 is 14.8 Å². The van der Waals surface area contributed by atoms with Gasteiger partial charge in [-0.05, 0) is 26.2 Å². The first-order valence-electron chi connectivity index (χ1n) is 5.98. The molecule has 0 aromatic carbocycles. The molecule has 4 heteroatoms. The van der Waals surface area contributed by atoms with Gasteiger partial charge in [0.25, 0.3) is 0 Å².